The van der Waals surface area contributed by atoms with Crippen molar-refractivity contribution >= 4 is 39.2 Å². The smallest absolute Gasteiger partial charge is 0.338 e. The summed E-state index contributed by atoms with van der Waals surface area (Å²) in [6.07, 6.45) is -9.13. The molecule has 10 atom stereocenters. The predicted octanol–water partition coefficient (Wildman–Crippen LogP) is 10.4. The van der Waals surface area contributed by atoms with Crippen LogP contribution in [0.25, 0.3) is 0 Å². The molecule has 0 amide bonds. The molecule has 3 saturated heterocycles. The van der Waals surface area contributed by atoms with E-state index in [0.717, 1.165) is 0 Å². The Morgan fingerprint density at radius 1 is 0.710 bits per heavy atom. The third-order valence-electron chi connectivity index (χ3n) is 14.9. The zero-order chi connectivity index (χ0) is 47.4. The van der Waals surface area contributed by atoms with Crippen molar-refractivity contribution in [2.75, 3.05) is 13.2 Å². The van der Waals surface area contributed by atoms with Crippen LogP contribution >= 0.6 is 0 Å². The monoisotopic (exact) mass is 943 g/mol. The summed E-state index contributed by atoms with van der Waals surface area (Å²) in [6.45, 7) is 48.8. The number of carbonyl (C=O) groups is 1. The molecule has 0 aliphatic carbocycles. The van der Waals surface area contributed by atoms with Gasteiger partial charge in [0.1, 0.15) is 36.6 Å². The fourth-order valence-electron chi connectivity index (χ4n) is 6.65. The lowest BCUT2D eigenvalue weighted by atomic mass is 10.0. The Kier molecular flexibility index (Phi) is 16.2. The van der Waals surface area contributed by atoms with Gasteiger partial charge in [-0.25, -0.2) is 4.79 Å². The Bertz CT molecular complexity index is 1640. The summed E-state index contributed by atoms with van der Waals surface area (Å²) in [6, 6.07) is 8.67. The van der Waals surface area contributed by atoms with Crippen LogP contribution in [0.4, 0.5) is 0 Å². The van der Waals surface area contributed by atoms with Gasteiger partial charge in [0, 0.05) is 0 Å². The van der Waals surface area contributed by atoms with Gasteiger partial charge >= 0.3 is 5.97 Å². The highest BCUT2D eigenvalue weighted by atomic mass is 28.4. The van der Waals surface area contributed by atoms with Crippen molar-refractivity contribution in [2.45, 2.75) is 237 Å². The van der Waals surface area contributed by atoms with Crippen LogP contribution in [0, 0.1) is 0 Å². The van der Waals surface area contributed by atoms with Crippen molar-refractivity contribution in [1.29, 1.82) is 0 Å². The number of hydrogen-bond acceptors (Lipinski definition) is 12. The first-order valence-electron chi connectivity index (χ1n) is 22.7. The van der Waals surface area contributed by atoms with E-state index in [1.165, 1.54) is 0 Å². The van der Waals surface area contributed by atoms with Gasteiger partial charge in [-0.3, -0.25) is 0 Å². The Hall–Kier alpha value is -0.842. The van der Waals surface area contributed by atoms with Crippen LogP contribution in [-0.2, 0) is 46.1 Å². The summed E-state index contributed by atoms with van der Waals surface area (Å²) in [7, 11) is -9.92. The zero-order valence-electron chi connectivity index (χ0n) is 42.5. The van der Waals surface area contributed by atoms with Crippen molar-refractivity contribution in [2.24, 2.45) is 0 Å². The van der Waals surface area contributed by atoms with Crippen molar-refractivity contribution < 1.29 is 56.0 Å². The summed E-state index contributed by atoms with van der Waals surface area (Å²) < 4.78 is 68.7. The molecule has 3 aliphatic rings. The molecule has 4 rings (SSSR count). The van der Waals surface area contributed by atoms with Gasteiger partial charge in [-0.1, -0.05) is 101 Å². The van der Waals surface area contributed by atoms with E-state index in [1.807, 2.05) is 19.9 Å². The number of ether oxygens (including phenoxy) is 6. The maximum Gasteiger partial charge on any atom is 0.338 e. The highest BCUT2D eigenvalue weighted by molar-refractivity contribution is 6.75. The van der Waals surface area contributed by atoms with Gasteiger partial charge in [-0.2, -0.15) is 0 Å². The molecule has 1 aromatic carbocycles. The standard InChI is InChI=1S/C46H86O12Si4/c1-42(2,3)59(15,16)50-29-32(56-60(17,18)43(4,5)6)34-36(57-61(19,20)44(7,8)9)38(58-62(21,22)45(10,11)12)41(53-34)54-35-33(31-28-49-46(13,14)55-31)51-40(48)37(35)52-39(47)30-26-24-23-25-27-30/h23-27,31-38,40-41,48H,28-29H2,1-22H3/t31-,32-,33+,34+,35+,36+,37-,38-,40?,41+/m1/s1. The SMILES string of the molecule is CC1(C)OC[C@H]([C@@H]2OC(O)[C@H](OC(=O)c3ccccc3)[C@H]2O[C@@H]2O[C@@H]([C@@H](CO[Si](C)(C)C(C)(C)C)O[Si](C)(C)C(C)(C)C)[C@H](O[Si](C)(C)C(C)(C)C)[C@H]2O[Si](C)(C)C(C)(C)C)O1. The number of esters is 1. The van der Waals surface area contributed by atoms with Crippen molar-refractivity contribution in [3.05, 3.63) is 35.9 Å². The van der Waals surface area contributed by atoms with E-state index < -0.39 is 106 Å². The molecule has 1 N–H and O–H groups in total. The van der Waals surface area contributed by atoms with Crippen LogP contribution in [0.15, 0.2) is 30.3 Å². The molecule has 0 spiro atoms. The molecule has 16 heteroatoms. The molecule has 12 nitrogen and oxygen atoms in total. The van der Waals surface area contributed by atoms with Crippen LogP contribution in [0.3, 0.4) is 0 Å². The molecule has 358 valence electrons. The second-order valence-electron chi connectivity index (χ2n) is 24.3. The fraction of sp³-hybridized carbons (Fsp3) is 0.848. The van der Waals surface area contributed by atoms with Crippen LogP contribution in [0.2, 0.25) is 72.5 Å². The minimum atomic E-state index is -2.60. The summed E-state index contributed by atoms with van der Waals surface area (Å²) in [5.74, 6) is -1.54. The maximum atomic E-state index is 13.7. The number of aliphatic hydroxyl groups is 1. The number of aliphatic hydroxyl groups excluding tert-OH is 1. The third-order valence-corrected chi connectivity index (χ3v) is 32.8. The zero-order valence-corrected chi connectivity index (χ0v) is 46.5. The van der Waals surface area contributed by atoms with E-state index in [1.54, 1.807) is 24.3 Å². The van der Waals surface area contributed by atoms with Crippen LogP contribution in [0.5, 0.6) is 0 Å². The topological polar surface area (TPSA) is 130 Å². The van der Waals surface area contributed by atoms with Crippen molar-refractivity contribution in [3.8, 4) is 0 Å². The summed E-state index contributed by atoms with van der Waals surface area (Å²) in [5.41, 5.74) is 0.329. The summed E-state index contributed by atoms with van der Waals surface area (Å²) >= 11 is 0. The molecule has 0 radical (unpaired) electrons. The molecule has 1 unspecified atom stereocenters. The average Bonchev–Trinajstić information content (AvgIpc) is 3.73. The first-order chi connectivity index (χ1) is 27.8. The second-order valence-corrected chi connectivity index (χ2v) is 43.4. The first-order valence-corrected chi connectivity index (χ1v) is 34.3. The van der Waals surface area contributed by atoms with Gasteiger partial charge in [0.05, 0.1) is 24.9 Å². The minimum Gasteiger partial charge on any atom is -0.450 e. The van der Waals surface area contributed by atoms with Crippen LogP contribution in [0.1, 0.15) is 107 Å². The Labute approximate surface area is 379 Å². The molecule has 0 saturated carbocycles. The molecular weight excluding hydrogens is 857 g/mol. The van der Waals surface area contributed by atoms with Crippen molar-refractivity contribution in [1.82, 2.24) is 0 Å². The highest BCUT2D eigenvalue weighted by Crippen LogP contribution is 2.48. The first kappa shape index (κ1) is 53.8. The normalized spacial score (nSPS) is 29.9. The third kappa shape index (κ3) is 12.4. The van der Waals surface area contributed by atoms with Gasteiger partial charge < -0.3 is 51.2 Å². The number of carbonyl (C=O) groups excluding carboxylic acids is 1. The van der Waals surface area contributed by atoms with E-state index in [2.05, 4.69) is 135 Å². The Morgan fingerprint density at radius 3 is 1.68 bits per heavy atom. The van der Waals surface area contributed by atoms with Gasteiger partial charge in [0.15, 0.2) is 57.7 Å². The van der Waals surface area contributed by atoms with Gasteiger partial charge in [0.2, 0.25) is 0 Å². The summed E-state index contributed by atoms with van der Waals surface area (Å²) in [5, 5.41) is 11.1. The lowest BCUT2D eigenvalue weighted by Crippen LogP contribution is -2.58. The minimum absolute atomic E-state index is 0.0488. The Morgan fingerprint density at radius 2 is 1.21 bits per heavy atom. The lowest BCUT2D eigenvalue weighted by Gasteiger charge is -2.46. The van der Waals surface area contributed by atoms with Gasteiger partial charge in [0.25, 0.3) is 0 Å². The predicted molar refractivity (Wildman–Crippen MR) is 254 cm³/mol. The molecule has 1 aromatic rings. The van der Waals surface area contributed by atoms with Crippen molar-refractivity contribution in [3.63, 3.8) is 0 Å². The van der Waals surface area contributed by atoms with Crippen LogP contribution in [-0.4, -0.2) is 125 Å². The highest BCUT2D eigenvalue weighted by Gasteiger charge is 2.61. The van der Waals surface area contributed by atoms with E-state index in [4.69, 9.17) is 46.1 Å². The largest absolute Gasteiger partial charge is 0.450 e. The molecule has 62 heavy (non-hydrogen) atoms. The van der Waals surface area contributed by atoms with Gasteiger partial charge in [-0.15, -0.1) is 0 Å². The fourth-order valence-corrected chi connectivity index (χ4v) is 11.6. The molecule has 0 bridgehead atoms. The molecule has 3 aliphatic heterocycles. The average molecular weight is 944 g/mol. The maximum absolute atomic E-state index is 13.7. The lowest BCUT2D eigenvalue weighted by molar-refractivity contribution is -0.226. The number of rotatable bonds is 15. The molecule has 0 aromatic heterocycles. The molecular formula is C46H86O12Si4. The van der Waals surface area contributed by atoms with E-state index in [-0.39, 0.29) is 33.4 Å². The van der Waals surface area contributed by atoms with E-state index in [9.17, 15) is 9.90 Å². The summed E-state index contributed by atoms with van der Waals surface area (Å²) in [4.78, 5) is 13.7. The molecule has 3 heterocycles. The van der Waals surface area contributed by atoms with E-state index >= 15 is 0 Å². The van der Waals surface area contributed by atoms with E-state index in [0.29, 0.717) is 5.56 Å². The quantitative estimate of drug-likeness (QED) is 0.133. The number of hydrogen-bond donors (Lipinski definition) is 1. The number of benzene rings is 1. The second kappa shape index (κ2) is 18.7. The molecule has 3 fully saturated rings. The van der Waals surface area contributed by atoms with Crippen LogP contribution < -0.4 is 0 Å². The Balaban J connectivity index is 1.93. The van der Waals surface area contributed by atoms with Gasteiger partial charge in [-0.05, 0) is 98.5 Å².